The minimum absolute atomic E-state index is 0.0635. The predicted octanol–water partition coefficient (Wildman–Crippen LogP) is 3.15. The summed E-state index contributed by atoms with van der Waals surface area (Å²) in [6.07, 6.45) is -1.16. The van der Waals surface area contributed by atoms with Gasteiger partial charge in [0.2, 0.25) is 0 Å². The average Bonchev–Trinajstić information content (AvgIpc) is 2.38. The predicted molar refractivity (Wildman–Crippen MR) is 63.9 cm³/mol. The molecule has 0 radical (unpaired) electrons. The first-order valence-electron chi connectivity index (χ1n) is 5.85. The van der Waals surface area contributed by atoms with Crippen LogP contribution >= 0.6 is 11.6 Å². The van der Waals surface area contributed by atoms with Gasteiger partial charge in [-0.25, -0.2) is 0 Å². The highest BCUT2D eigenvalue weighted by Gasteiger charge is 2.42. The van der Waals surface area contributed by atoms with Gasteiger partial charge in [0, 0.05) is 25.5 Å². The van der Waals surface area contributed by atoms with E-state index in [1.807, 2.05) is 0 Å². The highest BCUT2D eigenvalue weighted by Crippen LogP contribution is 2.33. The van der Waals surface area contributed by atoms with Gasteiger partial charge in [0.25, 0.3) is 5.91 Å². The van der Waals surface area contributed by atoms with Crippen LogP contribution in [0.3, 0.4) is 0 Å². The largest absolute Gasteiger partial charge is 0.393 e. The van der Waals surface area contributed by atoms with Gasteiger partial charge in [-0.1, -0.05) is 11.6 Å². The van der Waals surface area contributed by atoms with Crippen LogP contribution in [-0.2, 0) is 0 Å². The number of hydrogen-bond donors (Lipinski definition) is 0. The van der Waals surface area contributed by atoms with E-state index in [1.165, 1.54) is 23.4 Å². The van der Waals surface area contributed by atoms with Gasteiger partial charge in [-0.15, -0.1) is 0 Å². The van der Waals surface area contributed by atoms with Crippen LogP contribution in [0.5, 0.6) is 0 Å². The van der Waals surface area contributed by atoms with E-state index in [4.69, 9.17) is 11.6 Å². The van der Waals surface area contributed by atoms with E-state index in [2.05, 4.69) is 4.98 Å². The van der Waals surface area contributed by atoms with E-state index in [-0.39, 0.29) is 23.6 Å². The van der Waals surface area contributed by atoms with Crippen LogP contribution in [0.25, 0.3) is 0 Å². The summed E-state index contributed by atoms with van der Waals surface area (Å²) < 4.78 is 38.1. The summed E-state index contributed by atoms with van der Waals surface area (Å²) in [5.74, 6) is -1.95. The number of carbonyl (C=O) groups excluding carboxylic acids is 1. The van der Waals surface area contributed by atoms with Crippen molar-refractivity contribution < 1.29 is 18.0 Å². The molecular formula is C12H12ClF3N2O. The Bertz CT molecular complexity index is 478. The van der Waals surface area contributed by atoms with Crippen molar-refractivity contribution in [3.8, 4) is 0 Å². The van der Waals surface area contributed by atoms with Crippen molar-refractivity contribution in [1.82, 2.24) is 9.88 Å². The van der Waals surface area contributed by atoms with Crippen LogP contribution in [0.1, 0.15) is 23.2 Å². The van der Waals surface area contributed by atoms with E-state index in [0.29, 0.717) is 13.0 Å². The van der Waals surface area contributed by atoms with Crippen LogP contribution < -0.4 is 0 Å². The van der Waals surface area contributed by atoms with Crippen molar-refractivity contribution in [3.05, 3.63) is 29.0 Å². The number of hydrogen-bond acceptors (Lipinski definition) is 2. The maximum absolute atomic E-state index is 12.7. The number of nitrogens with zero attached hydrogens (tertiary/aromatic N) is 2. The van der Waals surface area contributed by atoms with Gasteiger partial charge in [-0.3, -0.25) is 9.78 Å². The molecule has 1 unspecified atom stereocenters. The molecule has 0 saturated carbocycles. The van der Waals surface area contributed by atoms with Crippen molar-refractivity contribution in [1.29, 1.82) is 0 Å². The Morgan fingerprint density at radius 2 is 2.21 bits per heavy atom. The Hall–Kier alpha value is -1.30. The third kappa shape index (κ3) is 3.18. The quantitative estimate of drug-likeness (QED) is 0.796. The Balaban J connectivity index is 2.14. The monoisotopic (exact) mass is 292 g/mol. The van der Waals surface area contributed by atoms with Crippen LogP contribution in [0.15, 0.2) is 18.5 Å². The number of likely N-dealkylation sites (tertiary alicyclic amines) is 1. The third-order valence-corrected chi connectivity index (χ3v) is 3.50. The molecule has 0 spiro atoms. The molecule has 2 rings (SSSR count). The lowest BCUT2D eigenvalue weighted by atomic mass is 9.97. The van der Waals surface area contributed by atoms with Crippen molar-refractivity contribution in [2.24, 2.45) is 5.92 Å². The maximum atomic E-state index is 12.7. The number of halogens is 4. The van der Waals surface area contributed by atoms with Crippen molar-refractivity contribution in [3.63, 3.8) is 0 Å². The highest BCUT2D eigenvalue weighted by atomic mass is 35.5. The van der Waals surface area contributed by atoms with Crippen molar-refractivity contribution in [2.45, 2.75) is 19.0 Å². The zero-order valence-corrected chi connectivity index (χ0v) is 10.7. The van der Waals surface area contributed by atoms with Gasteiger partial charge in [0.05, 0.1) is 16.5 Å². The first-order valence-corrected chi connectivity index (χ1v) is 6.23. The number of amides is 1. The second-order valence-corrected chi connectivity index (χ2v) is 4.89. The molecule has 0 N–H and O–H groups in total. The summed E-state index contributed by atoms with van der Waals surface area (Å²) in [7, 11) is 0. The molecule has 1 amide bonds. The zero-order valence-electron chi connectivity index (χ0n) is 9.95. The Morgan fingerprint density at radius 1 is 1.47 bits per heavy atom. The summed E-state index contributed by atoms with van der Waals surface area (Å²) in [6.45, 7) is 0.00416. The molecule has 1 atom stereocenters. The lowest BCUT2D eigenvalue weighted by Crippen LogP contribution is -2.44. The molecule has 7 heteroatoms. The summed E-state index contributed by atoms with van der Waals surface area (Å²) in [4.78, 5) is 17.1. The molecule has 19 heavy (non-hydrogen) atoms. The van der Waals surface area contributed by atoms with Crippen molar-refractivity contribution >= 4 is 17.5 Å². The molecule has 2 heterocycles. The molecule has 0 bridgehead atoms. The minimum atomic E-state index is -4.27. The first-order chi connectivity index (χ1) is 8.89. The Labute approximate surface area is 113 Å². The lowest BCUT2D eigenvalue weighted by molar-refractivity contribution is -0.184. The molecule has 1 aliphatic heterocycles. The number of rotatable bonds is 1. The summed E-state index contributed by atoms with van der Waals surface area (Å²) in [5.41, 5.74) is 0.145. The molecule has 1 fully saturated rings. The second kappa shape index (κ2) is 5.36. The molecule has 104 valence electrons. The number of carbonyl (C=O) groups is 1. The lowest BCUT2D eigenvalue weighted by Gasteiger charge is -2.33. The topological polar surface area (TPSA) is 33.2 Å². The van der Waals surface area contributed by atoms with Gasteiger partial charge in [-0.05, 0) is 18.9 Å². The van der Waals surface area contributed by atoms with Crippen LogP contribution in [0.4, 0.5) is 13.2 Å². The standard InChI is InChI=1S/C12H12ClF3N2O/c13-10-3-4-17-6-9(10)11(19)18-5-1-2-8(7-18)12(14,15)16/h3-4,6,8H,1-2,5,7H2. The molecule has 0 aliphatic carbocycles. The van der Waals surface area contributed by atoms with Crippen molar-refractivity contribution in [2.75, 3.05) is 13.1 Å². The number of pyridine rings is 1. The second-order valence-electron chi connectivity index (χ2n) is 4.49. The fourth-order valence-electron chi connectivity index (χ4n) is 2.13. The fourth-order valence-corrected chi connectivity index (χ4v) is 2.32. The van der Waals surface area contributed by atoms with Gasteiger partial charge in [0.1, 0.15) is 0 Å². The minimum Gasteiger partial charge on any atom is -0.338 e. The zero-order chi connectivity index (χ0) is 14.0. The van der Waals surface area contributed by atoms with Gasteiger partial charge in [0.15, 0.2) is 0 Å². The summed E-state index contributed by atoms with van der Waals surface area (Å²) in [6, 6.07) is 1.44. The van der Waals surface area contributed by atoms with Crippen LogP contribution in [0, 0.1) is 5.92 Å². The van der Waals surface area contributed by atoms with Crippen LogP contribution in [-0.4, -0.2) is 35.1 Å². The molecule has 1 aliphatic rings. The highest BCUT2D eigenvalue weighted by molar-refractivity contribution is 6.33. The summed E-state index contributed by atoms with van der Waals surface area (Å²) >= 11 is 5.85. The van der Waals surface area contributed by atoms with E-state index in [0.717, 1.165) is 0 Å². The fraction of sp³-hybridized carbons (Fsp3) is 0.500. The molecule has 1 saturated heterocycles. The number of piperidine rings is 1. The molecule has 3 nitrogen and oxygen atoms in total. The van der Waals surface area contributed by atoms with Crippen LogP contribution in [0.2, 0.25) is 5.02 Å². The average molecular weight is 293 g/mol. The molecule has 0 aromatic carbocycles. The maximum Gasteiger partial charge on any atom is 0.393 e. The smallest absolute Gasteiger partial charge is 0.338 e. The Kier molecular flexibility index (Phi) is 3.99. The third-order valence-electron chi connectivity index (χ3n) is 3.17. The molecular weight excluding hydrogens is 281 g/mol. The van der Waals surface area contributed by atoms with E-state index in [1.54, 1.807) is 0 Å². The first kappa shape index (κ1) is 14.1. The number of aromatic nitrogens is 1. The normalized spacial score (nSPS) is 20.4. The SMILES string of the molecule is O=C(c1cnccc1Cl)N1CCCC(C(F)(F)F)C1. The van der Waals surface area contributed by atoms with E-state index >= 15 is 0 Å². The van der Waals surface area contributed by atoms with E-state index in [9.17, 15) is 18.0 Å². The van der Waals surface area contributed by atoms with Gasteiger partial charge >= 0.3 is 6.18 Å². The number of alkyl halides is 3. The molecule has 1 aromatic rings. The summed E-state index contributed by atoms with van der Waals surface area (Å²) in [5, 5.41) is 0.203. The van der Waals surface area contributed by atoms with Gasteiger partial charge < -0.3 is 4.90 Å². The van der Waals surface area contributed by atoms with Gasteiger partial charge in [-0.2, -0.15) is 13.2 Å². The Morgan fingerprint density at radius 3 is 2.84 bits per heavy atom. The van der Waals surface area contributed by atoms with E-state index < -0.39 is 18.0 Å². The molecule has 1 aromatic heterocycles.